The molecule has 0 aromatic carbocycles. The van der Waals surface area contributed by atoms with E-state index in [1.54, 1.807) is 0 Å². The molecule has 0 amide bonds. The summed E-state index contributed by atoms with van der Waals surface area (Å²) in [6.07, 6.45) is 5.47. The van der Waals surface area contributed by atoms with Crippen LogP contribution in [0.4, 0.5) is 0 Å². The van der Waals surface area contributed by atoms with Gasteiger partial charge < -0.3 is 5.11 Å². The fraction of sp³-hybridized carbons (Fsp3) is 0.800. The lowest BCUT2D eigenvalue weighted by Crippen LogP contribution is -2.31. The van der Waals surface area contributed by atoms with E-state index < -0.39 is 0 Å². The predicted molar refractivity (Wildman–Crippen MR) is 58.3 cm³/mol. The molecule has 0 heterocycles. The Morgan fingerprint density at radius 1 is 1.50 bits per heavy atom. The molecule has 2 rings (SSSR count). The highest BCUT2D eigenvalue weighted by atomic mass is 127. The summed E-state index contributed by atoms with van der Waals surface area (Å²) in [5.41, 5.74) is 0. The smallest absolute Gasteiger partial charge is 0.0581 e. The molecule has 1 nitrogen and oxygen atoms in total. The molecule has 2 bridgehead atoms. The normalized spacial score (nSPS) is 51.3. The van der Waals surface area contributed by atoms with Gasteiger partial charge in [0.15, 0.2) is 0 Å². The van der Waals surface area contributed by atoms with Gasteiger partial charge >= 0.3 is 0 Å². The zero-order chi connectivity index (χ0) is 8.72. The topological polar surface area (TPSA) is 20.2 Å². The molecular formula is C10H15IO. The van der Waals surface area contributed by atoms with Crippen LogP contribution in [-0.2, 0) is 0 Å². The number of hydrogen-bond donors (Lipinski definition) is 1. The summed E-state index contributed by atoms with van der Waals surface area (Å²) in [5.74, 6) is 2.17. The molecule has 0 aromatic heterocycles. The van der Waals surface area contributed by atoms with Crippen molar-refractivity contribution in [3.8, 4) is 0 Å². The third-order valence-corrected chi connectivity index (χ3v) is 5.32. The quantitative estimate of drug-likeness (QED) is 0.467. The van der Waals surface area contributed by atoms with Crippen LogP contribution in [0.3, 0.4) is 0 Å². The van der Waals surface area contributed by atoms with Crippen molar-refractivity contribution in [3.05, 3.63) is 12.7 Å². The Labute approximate surface area is 87.4 Å². The van der Waals surface area contributed by atoms with Gasteiger partial charge in [-0.3, -0.25) is 0 Å². The fourth-order valence-corrected chi connectivity index (χ4v) is 4.53. The van der Waals surface area contributed by atoms with Crippen LogP contribution in [-0.4, -0.2) is 15.1 Å². The van der Waals surface area contributed by atoms with Crippen molar-refractivity contribution in [3.63, 3.8) is 0 Å². The highest BCUT2D eigenvalue weighted by Crippen LogP contribution is 2.53. The van der Waals surface area contributed by atoms with E-state index in [-0.39, 0.29) is 6.10 Å². The van der Waals surface area contributed by atoms with Crippen molar-refractivity contribution in [2.24, 2.45) is 17.8 Å². The maximum absolute atomic E-state index is 9.65. The molecular weight excluding hydrogens is 263 g/mol. The number of fused-ring (bicyclic) bond motifs is 2. The molecule has 2 aliphatic carbocycles. The number of aliphatic hydroxyl groups is 1. The third kappa shape index (κ3) is 1.23. The Kier molecular flexibility index (Phi) is 2.47. The van der Waals surface area contributed by atoms with E-state index in [4.69, 9.17) is 0 Å². The third-order valence-electron chi connectivity index (χ3n) is 3.48. The molecule has 12 heavy (non-hydrogen) atoms. The van der Waals surface area contributed by atoms with Gasteiger partial charge in [0, 0.05) is 3.92 Å². The van der Waals surface area contributed by atoms with E-state index in [0.717, 1.165) is 24.7 Å². The van der Waals surface area contributed by atoms with Crippen LogP contribution in [0.25, 0.3) is 0 Å². The molecule has 5 atom stereocenters. The summed E-state index contributed by atoms with van der Waals surface area (Å²) in [7, 11) is 0. The number of alkyl halides is 1. The van der Waals surface area contributed by atoms with Crippen LogP contribution in [0.5, 0.6) is 0 Å². The average Bonchev–Trinajstić information content (AvgIpc) is 2.51. The second kappa shape index (κ2) is 3.29. The Hall–Kier alpha value is 0.430. The summed E-state index contributed by atoms with van der Waals surface area (Å²) in [5, 5.41) is 9.65. The summed E-state index contributed by atoms with van der Waals surface area (Å²) in [6, 6.07) is 0. The first kappa shape index (κ1) is 9.00. The minimum atomic E-state index is -0.00188. The predicted octanol–water partition coefficient (Wildman–Crippen LogP) is 2.38. The largest absolute Gasteiger partial charge is 0.393 e. The monoisotopic (exact) mass is 278 g/mol. The number of hydrogen-bond acceptors (Lipinski definition) is 1. The van der Waals surface area contributed by atoms with Gasteiger partial charge in [-0.1, -0.05) is 28.7 Å². The Morgan fingerprint density at radius 3 is 2.75 bits per heavy atom. The first-order chi connectivity index (χ1) is 5.74. The second-order valence-electron chi connectivity index (χ2n) is 4.10. The van der Waals surface area contributed by atoms with Gasteiger partial charge in [-0.2, -0.15) is 0 Å². The van der Waals surface area contributed by atoms with Crippen molar-refractivity contribution in [1.29, 1.82) is 0 Å². The lowest BCUT2D eigenvalue weighted by atomic mass is 9.85. The SMILES string of the molecule is C=CC[C@@H]1[C@H]2C[C@@H]([C@H]1I)[C@@H](O)C2. The van der Waals surface area contributed by atoms with E-state index in [0.29, 0.717) is 9.84 Å². The zero-order valence-corrected chi connectivity index (χ0v) is 9.28. The van der Waals surface area contributed by atoms with Gasteiger partial charge in [0.2, 0.25) is 0 Å². The van der Waals surface area contributed by atoms with E-state index in [2.05, 4.69) is 29.2 Å². The van der Waals surface area contributed by atoms with Crippen LogP contribution in [0.15, 0.2) is 12.7 Å². The van der Waals surface area contributed by atoms with Crippen molar-refractivity contribution in [1.82, 2.24) is 0 Å². The first-order valence-corrected chi connectivity index (χ1v) is 5.91. The summed E-state index contributed by atoms with van der Waals surface area (Å²) in [4.78, 5) is 0. The fourth-order valence-electron chi connectivity index (χ4n) is 2.87. The molecule has 68 valence electrons. The summed E-state index contributed by atoms with van der Waals surface area (Å²) < 4.78 is 0.689. The van der Waals surface area contributed by atoms with Crippen molar-refractivity contribution < 1.29 is 5.11 Å². The van der Waals surface area contributed by atoms with Gasteiger partial charge in [-0.05, 0) is 37.0 Å². The van der Waals surface area contributed by atoms with Crippen LogP contribution in [0.2, 0.25) is 0 Å². The maximum Gasteiger partial charge on any atom is 0.0581 e. The molecule has 0 spiro atoms. The van der Waals surface area contributed by atoms with Crippen LogP contribution in [0.1, 0.15) is 19.3 Å². The van der Waals surface area contributed by atoms with Gasteiger partial charge in [-0.15, -0.1) is 6.58 Å². The number of rotatable bonds is 2. The number of aliphatic hydroxyl groups excluding tert-OH is 1. The van der Waals surface area contributed by atoms with E-state index in [1.807, 2.05) is 6.08 Å². The molecule has 0 unspecified atom stereocenters. The highest BCUT2D eigenvalue weighted by molar-refractivity contribution is 14.1. The van der Waals surface area contributed by atoms with Crippen LogP contribution < -0.4 is 0 Å². The Balaban J connectivity index is 2.07. The lowest BCUT2D eigenvalue weighted by molar-refractivity contribution is 0.103. The molecule has 2 aliphatic rings. The maximum atomic E-state index is 9.65. The minimum absolute atomic E-state index is 0.00188. The zero-order valence-electron chi connectivity index (χ0n) is 7.12. The lowest BCUT2D eigenvalue weighted by Gasteiger charge is -2.29. The highest BCUT2D eigenvalue weighted by Gasteiger charge is 2.50. The molecule has 0 radical (unpaired) electrons. The summed E-state index contributed by atoms with van der Waals surface area (Å²) >= 11 is 2.52. The molecule has 2 saturated carbocycles. The van der Waals surface area contributed by atoms with Gasteiger partial charge in [0.25, 0.3) is 0 Å². The van der Waals surface area contributed by atoms with Crippen molar-refractivity contribution >= 4 is 22.6 Å². The molecule has 2 fully saturated rings. The molecule has 0 saturated heterocycles. The van der Waals surface area contributed by atoms with E-state index in [1.165, 1.54) is 6.42 Å². The van der Waals surface area contributed by atoms with Crippen LogP contribution in [0, 0.1) is 17.8 Å². The first-order valence-electron chi connectivity index (χ1n) is 4.67. The number of halogens is 1. The van der Waals surface area contributed by atoms with Crippen molar-refractivity contribution in [2.75, 3.05) is 0 Å². The summed E-state index contributed by atoms with van der Waals surface area (Å²) in [6.45, 7) is 3.80. The molecule has 0 aromatic rings. The second-order valence-corrected chi connectivity index (χ2v) is 5.53. The molecule has 1 N–H and O–H groups in total. The Morgan fingerprint density at radius 2 is 2.25 bits per heavy atom. The van der Waals surface area contributed by atoms with E-state index >= 15 is 0 Å². The van der Waals surface area contributed by atoms with E-state index in [9.17, 15) is 5.11 Å². The minimum Gasteiger partial charge on any atom is -0.393 e. The Bertz CT molecular complexity index is 190. The van der Waals surface area contributed by atoms with Crippen molar-refractivity contribution in [2.45, 2.75) is 29.3 Å². The molecule has 2 heteroatoms. The van der Waals surface area contributed by atoms with Crippen LogP contribution >= 0.6 is 22.6 Å². The molecule has 0 aliphatic heterocycles. The van der Waals surface area contributed by atoms with Gasteiger partial charge in [0.05, 0.1) is 6.10 Å². The standard InChI is InChI=1S/C10H15IO/c1-2-3-7-6-4-8(10(7)11)9(12)5-6/h2,6-10,12H,1,3-5H2/t6-,7+,8+,9-,10-/m0/s1. The van der Waals surface area contributed by atoms with Gasteiger partial charge in [-0.25, -0.2) is 0 Å². The average molecular weight is 278 g/mol. The van der Waals surface area contributed by atoms with Gasteiger partial charge in [0.1, 0.15) is 0 Å². The number of allylic oxidation sites excluding steroid dienone is 1.